The second-order valence-electron chi connectivity index (χ2n) is 14.8. The first-order valence-electron chi connectivity index (χ1n) is 21.8. The SMILES string of the molecule is CCCCCCCCC(=O)OCCCCCCCOC(=O)CCC(OC(=O)OCCCN(C)C)C(=O)OCCCCCCCOC(=O)CCCCCCCC. The zero-order valence-electron chi connectivity index (χ0n) is 35.3. The monoisotopic (exact) mass is 786 g/mol. The molecule has 0 radical (unpaired) electrons. The normalized spacial score (nSPS) is 11.6. The quantitative estimate of drug-likeness (QED) is 0.0332. The van der Waals surface area contributed by atoms with Crippen molar-refractivity contribution in [1.82, 2.24) is 4.90 Å². The molecular formula is C43H79NO11. The van der Waals surface area contributed by atoms with Gasteiger partial charge < -0.3 is 33.3 Å². The van der Waals surface area contributed by atoms with Crippen LogP contribution >= 0.6 is 0 Å². The third-order valence-corrected chi connectivity index (χ3v) is 9.16. The first-order chi connectivity index (χ1) is 26.7. The highest BCUT2D eigenvalue weighted by atomic mass is 16.7. The molecule has 1 unspecified atom stereocenters. The average Bonchev–Trinajstić information content (AvgIpc) is 3.16. The topological polar surface area (TPSA) is 144 Å². The average molecular weight is 786 g/mol. The molecule has 0 fully saturated rings. The maximum Gasteiger partial charge on any atom is 0.509 e. The van der Waals surface area contributed by atoms with E-state index < -0.39 is 24.2 Å². The first-order valence-corrected chi connectivity index (χ1v) is 21.8. The van der Waals surface area contributed by atoms with Crippen LogP contribution in [0.15, 0.2) is 0 Å². The molecule has 0 aliphatic carbocycles. The zero-order valence-corrected chi connectivity index (χ0v) is 35.3. The molecule has 0 aromatic heterocycles. The molecule has 0 saturated heterocycles. The fraction of sp³-hybridized carbons (Fsp3) is 0.884. The van der Waals surface area contributed by atoms with Crippen molar-refractivity contribution in [2.45, 2.75) is 193 Å². The van der Waals surface area contributed by atoms with Crippen LogP contribution in [-0.2, 0) is 47.6 Å². The Hall–Kier alpha value is -2.89. The largest absolute Gasteiger partial charge is 0.509 e. The molecule has 12 heteroatoms. The van der Waals surface area contributed by atoms with Gasteiger partial charge >= 0.3 is 30.0 Å². The Morgan fingerprint density at radius 3 is 1.22 bits per heavy atom. The molecule has 12 nitrogen and oxygen atoms in total. The van der Waals surface area contributed by atoms with Gasteiger partial charge in [-0.15, -0.1) is 0 Å². The molecule has 0 aliphatic heterocycles. The molecule has 0 heterocycles. The van der Waals surface area contributed by atoms with Crippen molar-refractivity contribution in [1.29, 1.82) is 0 Å². The van der Waals surface area contributed by atoms with Gasteiger partial charge in [-0.3, -0.25) is 14.4 Å². The number of carbonyl (C=O) groups excluding carboxylic acids is 5. The maximum absolute atomic E-state index is 12.8. The standard InChI is InChI=1S/C43H79NO11/c1-5-7-9-11-15-21-28-39(45)50-33-23-17-13-18-25-35-52-41(47)31-30-38(55-43(49)54-37-27-32-44(3)4)42(48)53-36-26-20-14-19-24-34-51-40(46)29-22-16-12-10-8-6-2/h38H,5-37H2,1-4H3. The van der Waals surface area contributed by atoms with Gasteiger partial charge in [0.2, 0.25) is 6.10 Å². The fourth-order valence-electron chi connectivity index (χ4n) is 5.77. The molecule has 0 amide bonds. The molecule has 0 spiro atoms. The molecular weight excluding hydrogens is 706 g/mol. The van der Waals surface area contributed by atoms with E-state index in [-0.39, 0.29) is 44.6 Å². The zero-order chi connectivity index (χ0) is 40.6. The van der Waals surface area contributed by atoms with Gasteiger partial charge in [-0.2, -0.15) is 0 Å². The lowest BCUT2D eigenvalue weighted by Gasteiger charge is -2.17. The minimum absolute atomic E-state index is 0.0698. The van der Waals surface area contributed by atoms with Crippen LogP contribution in [-0.4, -0.2) is 94.7 Å². The van der Waals surface area contributed by atoms with E-state index in [9.17, 15) is 24.0 Å². The van der Waals surface area contributed by atoms with Crippen LogP contribution in [0.3, 0.4) is 0 Å². The minimum atomic E-state index is -1.28. The highest BCUT2D eigenvalue weighted by molar-refractivity contribution is 5.78. The van der Waals surface area contributed by atoms with Crippen LogP contribution in [0.4, 0.5) is 4.79 Å². The molecule has 1 atom stereocenters. The Kier molecular flexibility index (Phi) is 37.3. The maximum atomic E-state index is 12.8. The smallest absolute Gasteiger partial charge is 0.466 e. The second kappa shape index (κ2) is 39.3. The first kappa shape index (κ1) is 52.1. The molecule has 55 heavy (non-hydrogen) atoms. The van der Waals surface area contributed by atoms with Crippen molar-refractivity contribution in [2.75, 3.05) is 53.7 Å². The van der Waals surface area contributed by atoms with Gasteiger partial charge in [0.05, 0.1) is 33.0 Å². The highest BCUT2D eigenvalue weighted by Crippen LogP contribution is 2.13. The number of unbranched alkanes of at least 4 members (excludes halogenated alkanes) is 18. The van der Waals surface area contributed by atoms with E-state index in [1.165, 1.54) is 51.4 Å². The third-order valence-electron chi connectivity index (χ3n) is 9.16. The van der Waals surface area contributed by atoms with Gasteiger partial charge in [-0.1, -0.05) is 117 Å². The van der Waals surface area contributed by atoms with Crippen molar-refractivity contribution in [3.8, 4) is 0 Å². The summed E-state index contributed by atoms with van der Waals surface area (Å²) in [7, 11) is 3.83. The predicted molar refractivity (Wildman–Crippen MR) is 215 cm³/mol. The summed E-state index contributed by atoms with van der Waals surface area (Å²) in [6.45, 7) is 6.54. The summed E-state index contributed by atoms with van der Waals surface area (Å²) >= 11 is 0. The Balaban J connectivity index is 4.24. The van der Waals surface area contributed by atoms with Crippen LogP contribution in [0.1, 0.15) is 187 Å². The van der Waals surface area contributed by atoms with Crippen molar-refractivity contribution < 1.29 is 52.4 Å². The van der Waals surface area contributed by atoms with Crippen molar-refractivity contribution in [3.05, 3.63) is 0 Å². The minimum Gasteiger partial charge on any atom is -0.466 e. The van der Waals surface area contributed by atoms with E-state index in [4.69, 9.17) is 28.4 Å². The number of carbonyl (C=O) groups is 5. The van der Waals surface area contributed by atoms with E-state index in [2.05, 4.69) is 13.8 Å². The van der Waals surface area contributed by atoms with Crippen LogP contribution in [0.2, 0.25) is 0 Å². The van der Waals surface area contributed by atoms with Gasteiger partial charge in [0.25, 0.3) is 0 Å². The Morgan fingerprint density at radius 1 is 0.418 bits per heavy atom. The van der Waals surface area contributed by atoms with Crippen LogP contribution in [0.25, 0.3) is 0 Å². The lowest BCUT2D eigenvalue weighted by atomic mass is 10.1. The second-order valence-corrected chi connectivity index (χ2v) is 14.8. The summed E-state index contributed by atoms with van der Waals surface area (Å²) in [6.07, 6.45) is 21.2. The van der Waals surface area contributed by atoms with Gasteiger partial charge in [0.1, 0.15) is 0 Å². The number of hydrogen-bond acceptors (Lipinski definition) is 12. The van der Waals surface area contributed by atoms with Crippen LogP contribution < -0.4 is 0 Å². The highest BCUT2D eigenvalue weighted by Gasteiger charge is 2.26. The van der Waals surface area contributed by atoms with E-state index >= 15 is 0 Å². The summed E-state index contributed by atoms with van der Waals surface area (Å²) in [6, 6.07) is 0. The van der Waals surface area contributed by atoms with E-state index in [0.717, 1.165) is 83.6 Å². The number of esters is 4. The molecule has 0 aromatic rings. The van der Waals surface area contributed by atoms with Gasteiger partial charge in [0, 0.05) is 32.2 Å². The predicted octanol–water partition coefficient (Wildman–Crippen LogP) is 9.82. The van der Waals surface area contributed by atoms with Crippen LogP contribution in [0.5, 0.6) is 0 Å². The number of ether oxygens (including phenoxy) is 6. The molecule has 0 N–H and O–H groups in total. The summed E-state index contributed by atoms with van der Waals surface area (Å²) in [5.74, 6) is -1.44. The summed E-state index contributed by atoms with van der Waals surface area (Å²) in [4.78, 5) is 63.3. The molecule has 0 saturated carbocycles. The Bertz CT molecular complexity index is 959. The fourth-order valence-corrected chi connectivity index (χ4v) is 5.77. The Labute approximate surface area is 333 Å². The number of hydrogen-bond donors (Lipinski definition) is 0. The van der Waals surface area contributed by atoms with E-state index in [1.807, 2.05) is 19.0 Å². The number of nitrogens with zero attached hydrogens (tertiary/aromatic N) is 1. The lowest BCUT2D eigenvalue weighted by molar-refractivity contribution is -0.156. The molecule has 322 valence electrons. The molecule has 0 rings (SSSR count). The van der Waals surface area contributed by atoms with Crippen molar-refractivity contribution in [3.63, 3.8) is 0 Å². The molecule has 0 bridgehead atoms. The summed E-state index contributed by atoms with van der Waals surface area (Å²) < 4.78 is 31.8. The summed E-state index contributed by atoms with van der Waals surface area (Å²) in [5.41, 5.74) is 0. The molecule has 0 aliphatic rings. The summed E-state index contributed by atoms with van der Waals surface area (Å²) in [5, 5.41) is 0. The van der Waals surface area contributed by atoms with Crippen molar-refractivity contribution >= 4 is 30.0 Å². The third kappa shape index (κ3) is 37.8. The van der Waals surface area contributed by atoms with E-state index in [1.54, 1.807) is 0 Å². The van der Waals surface area contributed by atoms with Crippen LogP contribution in [0, 0.1) is 0 Å². The van der Waals surface area contributed by atoms with Gasteiger partial charge in [0.15, 0.2) is 0 Å². The van der Waals surface area contributed by atoms with Gasteiger partial charge in [-0.25, -0.2) is 9.59 Å². The number of rotatable bonds is 39. The molecule has 0 aromatic carbocycles. The Morgan fingerprint density at radius 2 is 0.782 bits per heavy atom. The van der Waals surface area contributed by atoms with Crippen molar-refractivity contribution in [2.24, 2.45) is 0 Å². The van der Waals surface area contributed by atoms with Gasteiger partial charge in [-0.05, 0) is 59.0 Å². The lowest BCUT2D eigenvalue weighted by Crippen LogP contribution is -2.31. The van der Waals surface area contributed by atoms with E-state index in [0.29, 0.717) is 45.3 Å².